The summed E-state index contributed by atoms with van der Waals surface area (Å²) in [6, 6.07) is 26.8. The van der Waals surface area contributed by atoms with Gasteiger partial charge in [-0.1, -0.05) is 78.9 Å². The van der Waals surface area contributed by atoms with Crippen LogP contribution in [0.2, 0.25) is 0 Å². The number of amides is 3. The zero-order chi connectivity index (χ0) is 20.1. The Balaban J connectivity index is 1.41. The molecule has 0 fully saturated rings. The van der Waals surface area contributed by atoms with Gasteiger partial charge in [-0.15, -0.1) is 0 Å². The van der Waals surface area contributed by atoms with E-state index in [1.807, 2.05) is 84.9 Å². The van der Waals surface area contributed by atoms with E-state index in [2.05, 4.69) is 10.6 Å². The Labute approximate surface area is 170 Å². The molecule has 1 heterocycles. The summed E-state index contributed by atoms with van der Waals surface area (Å²) in [6.45, 7) is 0.606. The highest BCUT2D eigenvalue weighted by molar-refractivity contribution is 5.98. The molecule has 4 rings (SSSR count). The number of hydrogen-bond acceptors (Lipinski definition) is 2. The van der Waals surface area contributed by atoms with Crippen molar-refractivity contribution in [1.29, 1.82) is 0 Å². The van der Waals surface area contributed by atoms with Crippen molar-refractivity contribution in [2.24, 2.45) is 0 Å². The molecule has 0 radical (unpaired) electrons. The molecule has 0 saturated heterocycles. The van der Waals surface area contributed by atoms with E-state index in [0.29, 0.717) is 6.54 Å². The second-order valence-electron chi connectivity index (χ2n) is 7.01. The summed E-state index contributed by atoms with van der Waals surface area (Å²) in [5.74, 6) is -0.110. The van der Waals surface area contributed by atoms with Crippen molar-refractivity contribution < 1.29 is 9.59 Å². The molecule has 0 unspecified atom stereocenters. The predicted molar refractivity (Wildman–Crippen MR) is 114 cm³/mol. The lowest BCUT2D eigenvalue weighted by atomic mass is 9.99. The molecule has 0 bridgehead atoms. The number of urea groups is 1. The first-order valence-corrected chi connectivity index (χ1v) is 9.75. The third-order valence-corrected chi connectivity index (χ3v) is 5.13. The van der Waals surface area contributed by atoms with Gasteiger partial charge in [0.1, 0.15) is 0 Å². The molecule has 5 nitrogen and oxygen atoms in total. The van der Waals surface area contributed by atoms with Crippen LogP contribution in [0.1, 0.15) is 22.7 Å². The maximum atomic E-state index is 12.6. The number of nitrogens with zero attached hydrogens (tertiary/aromatic N) is 1. The number of carbonyl (C=O) groups excluding carboxylic acids is 2. The first-order valence-electron chi connectivity index (χ1n) is 9.75. The number of benzene rings is 3. The van der Waals surface area contributed by atoms with Crippen molar-refractivity contribution in [2.75, 3.05) is 18.0 Å². The van der Waals surface area contributed by atoms with Gasteiger partial charge in [0.15, 0.2) is 0 Å². The summed E-state index contributed by atoms with van der Waals surface area (Å²) >= 11 is 0. The fraction of sp³-hybridized carbons (Fsp3) is 0.167. The predicted octanol–water partition coefficient (Wildman–Crippen LogP) is 3.66. The highest BCUT2D eigenvalue weighted by Crippen LogP contribution is 2.27. The third-order valence-electron chi connectivity index (χ3n) is 5.13. The third kappa shape index (κ3) is 4.29. The fourth-order valence-electron chi connectivity index (χ4n) is 3.68. The van der Waals surface area contributed by atoms with Crippen molar-refractivity contribution in [3.05, 3.63) is 102 Å². The average Bonchev–Trinajstić information content (AvgIpc) is 3.21. The van der Waals surface area contributed by atoms with Crippen LogP contribution in [0.15, 0.2) is 84.9 Å². The van der Waals surface area contributed by atoms with Gasteiger partial charge < -0.3 is 15.5 Å². The molecule has 2 N–H and O–H groups in total. The molecule has 0 saturated carbocycles. The van der Waals surface area contributed by atoms with Gasteiger partial charge in [0.05, 0.1) is 12.6 Å². The molecular weight excluding hydrogens is 362 g/mol. The summed E-state index contributed by atoms with van der Waals surface area (Å²) < 4.78 is 0. The van der Waals surface area contributed by atoms with Crippen LogP contribution in [-0.4, -0.2) is 25.0 Å². The Morgan fingerprint density at radius 2 is 1.41 bits per heavy atom. The highest BCUT2D eigenvalue weighted by Gasteiger charge is 2.24. The standard InChI is InChI=1S/C24H23N3O2/c28-22(27-16-15-18-9-7-8-14-21(18)27)17-25-24(29)26-23(19-10-3-1-4-11-19)20-12-5-2-6-13-20/h1-14,23H,15-17H2,(H2,25,26,29). The molecule has 29 heavy (non-hydrogen) atoms. The SMILES string of the molecule is O=C(NCC(=O)N1CCc2ccccc21)NC(c1ccccc1)c1ccccc1. The minimum atomic E-state index is -0.372. The van der Waals surface area contributed by atoms with Gasteiger partial charge in [-0.2, -0.15) is 0 Å². The monoisotopic (exact) mass is 385 g/mol. The summed E-state index contributed by atoms with van der Waals surface area (Å²) in [4.78, 5) is 26.9. The first kappa shape index (κ1) is 18.7. The smallest absolute Gasteiger partial charge is 0.315 e. The van der Waals surface area contributed by atoms with Gasteiger partial charge in [-0.05, 0) is 29.2 Å². The van der Waals surface area contributed by atoms with Crippen molar-refractivity contribution in [3.8, 4) is 0 Å². The Morgan fingerprint density at radius 1 is 0.828 bits per heavy atom. The van der Waals surface area contributed by atoms with Crippen LogP contribution >= 0.6 is 0 Å². The molecule has 0 aliphatic carbocycles. The van der Waals surface area contributed by atoms with E-state index >= 15 is 0 Å². The molecule has 146 valence electrons. The van der Waals surface area contributed by atoms with Gasteiger partial charge in [-0.3, -0.25) is 4.79 Å². The van der Waals surface area contributed by atoms with E-state index in [1.165, 1.54) is 5.56 Å². The number of anilines is 1. The second kappa shape index (κ2) is 8.61. The van der Waals surface area contributed by atoms with Crippen LogP contribution in [0.5, 0.6) is 0 Å². The maximum Gasteiger partial charge on any atom is 0.315 e. The first-order chi connectivity index (χ1) is 14.2. The van der Waals surface area contributed by atoms with Gasteiger partial charge in [0.25, 0.3) is 0 Å². The second-order valence-corrected chi connectivity index (χ2v) is 7.01. The van der Waals surface area contributed by atoms with Gasteiger partial charge in [0.2, 0.25) is 5.91 Å². The topological polar surface area (TPSA) is 61.4 Å². The number of nitrogens with one attached hydrogen (secondary N) is 2. The lowest BCUT2D eigenvalue weighted by molar-refractivity contribution is -0.117. The van der Waals surface area contributed by atoms with E-state index in [1.54, 1.807) is 4.90 Å². The maximum absolute atomic E-state index is 12.6. The molecule has 0 aromatic heterocycles. The minimum absolute atomic E-state index is 0.0452. The van der Waals surface area contributed by atoms with Crippen LogP contribution in [0, 0.1) is 0 Å². The molecule has 1 aliphatic heterocycles. The Morgan fingerprint density at radius 3 is 2.07 bits per heavy atom. The van der Waals surface area contributed by atoms with Crippen LogP contribution in [0.4, 0.5) is 10.5 Å². The van der Waals surface area contributed by atoms with Crippen LogP contribution in [-0.2, 0) is 11.2 Å². The molecule has 0 atom stereocenters. The van der Waals surface area contributed by atoms with Crippen molar-refractivity contribution in [1.82, 2.24) is 10.6 Å². The fourth-order valence-corrected chi connectivity index (χ4v) is 3.68. The van der Waals surface area contributed by atoms with Crippen LogP contribution < -0.4 is 15.5 Å². The molecule has 5 heteroatoms. The van der Waals surface area contributed by atoms with Crippen LogP contribution in [0.3, 0.4) is 0 Å². The lowest BCUT2D eigenvalue weighted by Gasteiger charge is -2.21. The minimum Gasteiger partial charge on any atom is -0.329 e. The van der Waals surface area contributed by atoms with Crippen molar-refractivity contribution in [2.45, 2.75) is 12.5 Å². The molecule has 3 amide bonds. The van der Waals surface area contributed by atoms with E-state index in [9.17, 15) is 9.59 Å². The lowest BCUT2D eigenvalue weighted by Crippen LogP contribution is -2.44. The van der Waals surface area contributed by atoms with E-state index in [-0.39, 0.29) is 24.5 Å². The molecule has 3 aromatic carbocycles. The normalized spacial score (nSPS) is 12.5. The summed E-state index contributed by atoms with van der Waals surface area (Å²) in [5.41, 5.74) is 4.06. The Bertz CT molecular complexity index is 950. The van der Waals surface area contributed by atoms with Gasteiger partial charge in [0, 0.05) is 12.2 Å². The van der Waals surface area contributed by atoms with Crippen LogP contribution in [0.25, 0.3) is 0 Å². The Hall–Kier alpha value is -3.60. The van der Waals surface area contributed by atoms with Gasteiger partial charge in [-0.25, -0.2) is 4.79 Å². The molecular formula is C24H23N3O2. The quantitative estimate of drug-likeness (QED) is 0.704. The zero-order valence-corrected chi connectivity index (χ0v) is 16.0. The average molecular weight is 385 g/mol. The summed E-state index contributed by atoms with van der Waals surface area (Å²) in [5, 5.41) is 5.71. The van der Waals surface area contributed by atoms with Crippen molar-refractivity contribution in [3.63, 3.8) is 0 Å². The molecule has 3 aromatic rings. The number of rotatable bonds is 5. The largest absolute Gasteiger partial charge is 0.329 e. The molecule has 1 aliphatic rings. The number of fused-ring (bicyclic) bond motifs is 1. The van der Waals surface area contributed by atoms with Gasteiger partial charge >= 0.3 is 6.03 Å². The number of hydrogen-bond donors (Lipinski definition) is 2. The summed E-state index contributed by atoms with van der Waals surface area (Å²) in [6.07, 6.45) is 0.845. The van der Waals surface area contributed by atoms with E-state index < -0.39 is 0 Å². The van der Waals surface area contributed by atoms with Crippen molar-refractivity contribution >= 4 is 17.6 Å². The molecule has 0 spiro atoms. The summed E-state index contributed by atoms with van der Waals surface area (Å²) in [7, 11) is 0. The van der Waals surface area contributed by atoms with E-state index in [0.717, 1.165) is 23.2 Å². The number of carbonyl (C=O) groups is 2. The highest BCUT2D eigenvalue weighted by atomic mass is 16.2. The zero-order valence-electron chi connectivity index (χ0n) is 16.0. The number of para-hydroxylation sites is 1. The Kier molecular flexibility index (Phi) is 5.56. The van der Waals surface area contributed by atoms with E-state index in [4.69, 9.17) is 0 Å².